The topological polar surface area (TPSA) is 0 Å². The van der Waals surface area contributed by atoms with Gasteiger partial charge in [-0.3, -0.25) is 0 Å². The molecule has 1 fully saturated rings. The minimum Gasteiger partial charge on any atom is -0.207 e. The van der Waals surface area contributed by atoms with E-state index in [-0.39, 0.29) is 12.3 Å². The van der Waals surface area contributed by atoms with E-state index in [2.05, 4.69) is 0 Å². The highest BCUT2D eigenvalue weighted by atomic mass is 19.3. The normalized spacial score (nSPS) is 27.9. The van der Waals surface area contributed by atoms with Crippen LogP contribution in [0.3, 0.4) is 0 Å². The molecule has 0 aromatic heterocycles. The Labute approximate surface area is 61.6 Å². The molecule has 1 aliphatic carbocycles. The van der Waals surface area contributed by atoms with Gasteiger partial charge in [-0.25, -0.2) is 8.78 Å². The van der Waals surface area contributed by atoms with Crippen LogP contribution in [-0.2, 0) is 0 Å². The van der Waals surface area contributed by atoms with Crippen molar-refractivity contribution in [2.45, 2.75) is 46.0 Å². The number of hydrogen-bond acceptors (Lipinski definition) is 0. The number of halogens is 2. The lowest BCUT2D eigenvalue weighted by Crippen LogP contribution is -2.37. The van der Waals surface area contributed by atoms with Gasteiger partial charge in [-0.15, -0.1) is 0 Å². The Morgan fingerprint density at radius 1 is 1.40 bits per heavy atom. The molecule has 1 atom stereocenters. The van der Waals surface area contributed by atoms with E-state index >= 15 is 0 Å². The molecule has 62 valence electrons. The second kappa shape index (κ2) is 3.89. The fourth-order valence-corrected chi connectivity index (χ4v) is 1.07. The maximum atomic E-state index is 12.2. The van der Waals surface area contributed by atoms with E-state index in [1.54, 1.807) is 0 Å². The minimum absolute atomic E-state index is 0.117. The summed E-state index contributed by atoms with van der Waals surface area (Å²) in [7, 11) is 0. The molecule has 1 rings (SSSR count). The van der Waals surface area contributed by atoms with E-state index in [4.69, 9.17) is 0 Å². The third-order valence-electron chi connectivity index (χ3n) is 1.92. The standard InChI is InChI=1S/C6H10F2.C2H6/c1-2-5-3-4-6(5,7)8;1-2/h5H,2-4H2,1H3;1-2H3. The van der Waals surface area contributed by atoms with Gasteiger partial charge >= 0.3 is 0 Å². The molecule has 0 radical (unpaired) electrons. The zero-order chi connectivity index (χ0) is 8.20. The van der Waals surface area contributed by atoms with E-state index in [1.165, 1.54) is 0 Å². The average Bonchev–Trinajstić information content (AvgIpc) is 1.92. The van der Waals surface area contributed by atoms with Crippen molar-refractivity contribution in [2.24, 2.45) is 5.92 Å². The fourth-order valence-electron chi connectivity index (χ4n) is 1.07. The number of hydrogen-bond donors (Lipinski definition) is 0. The van der Waals surface area contributed by atoms with Gasteiger partial charge in [-0.1, -0.05) is 20.8 Å². The molecule has 0 aromatic rings. The molecule has 0 amide bonds. The van der Waals surface area contributed by atoms with Crippen molar-refractivity contribution in [2.75, 3.05) is 0 Å². The molecule has 0 N–H and O–H groups in total. The first-order valence-electron chi connectivity index (χ1n) is 4.04. The maximum absolute atomic E-state index is 12.2. The van der Waals surface area contributed by atoms with Crippen molar-refractivity contribution in [1.29, 1.82) is 0 Å². The van der Waals surface area contributed by atoms with Crippen LogP contribution in [0.4, 0.5) is 8.78 Å². The van der Waals surface area contributed by atoms with E-state index < -0.39 is 5.92 Å². The highest BCUT2D eigenvalue weighted by molar-refractivity contribution is 4.86. The van der Waals surface area contributed by atoms with Gasteiger partial charge in [0.15, 0.2) is 0 Å². The number of alkyl halides is 2. The zero-order valence-electron chi connectivity index (χ0n) is 6.95. The highest BCUT2D eigenvalue weighted by Crippen LogP contribution is 2.44. The fraction of sp³-hybridized carbons (Fsp3) is 1.00. The Bertz CT molecular complexity index is 87.3. The second-order valence-corrected chi connectivity index (χ2v) is 2.40. The van der Waals surface area contributed by atoms with Crippen LogP contribution in [-0.4, -0.2) is 5.92 Å². The summed E-state index contributed by atoms with van der Waals surface area (Å²) in [6.07, 6.45) is 1.47. The quantitative estimate of drug-likeness (QED) is 0.537. The van der Waals surface area contributed by atoms with Gasteiger partial charge in [0.25, 0.3) is 5.92 Å². The van der Waals surface area contributed by atoms with Gasteiger partial charge < -0.3 is 0 Å². The highest BCUT2D eigenvalue weighted by Gasteiger charge is 2.46. The molecule has 0 aromatic carbocycles. The summed E-state index contributed by atoms with van der Waals surface area (Å²) in [5.41, 5.74) is 0. The van der Waals surface area contributed by atoms with E-state index in [0.717, 1.165) is 6.42 Å². The van der Waals surface area contributed by atoms with Gasteiger partial charge in [0.1, 0.15) is 0 Å². The van der Waals surface area contributed by atoms with Crippen LogP contribution in [0.25, 0.3) is 0 Å². The maximum Gasteiger partial charge on any atom is 0.250 e. The molecule has 0 saturated heterocycles. The lowest BCUT2D eigenvalue weighted by Gasteiger charge is -2.35. The number of rotatable bonds is 1. The molecule has 1 saturated carbocycles. The smallest absolute Gasteiger partial charge is 0.207 e. The van der Waals surface area contributed by atoms with Gasteiger partial charge in [-0.2, -0.15) is 0 Å². The summed E-state index contributed by atoms with van der Waals surface area (Å²) >= 11 is 0. The second-order valence-electron chi connectivity index (χ2n) is 2.40. The molecular weight excluding hydrogens is 134 g/mol. The Kier molecular flexibility index (Phi) is 3.84. The van der Waals surface area contributed by atoms with Crippen LogP contribution >= 0.6 is 0 Å². The van der Waals surface area contributed by atoms with Crippen molar-refractivity contribution >= 4 is 0 Å². The molecule has 0 aliphatic heterocycles. The Balaban J connectivity index is 0.000000371. The van der Waals surface area contributed by atoms with Crippen molar-refractivity contribution in [3.05, 3.63) is 0 Å². The molecule has 1 aliphatic rings. The molecule has 0 spiro atoms. The third kappa shape index (κ3) is 1.93. The van der Waals surface area contributed by atoms with Crippen LogP contribution in [0.15, 0.2) is 0 Å². The third-order valence-corrected chi connectivity index (χ3v) is 1.92. The monoisotopic (exact) mass is 150 g/mol. The summed E-state index contributed by atoms with van der Waals surface area (Å²) in [5.74, 6) is -2.61. The van der Waals surface area contributed by atoms with Crippen LogP contribution in [0.2, 0.25) is 0 Å². The molecule has 0 heterocycles. The molecule has 1 unspecified atom stereocenters. The van der Waals surface area contributed by atoms with Crippen molar-refractivity contribution < 1.29 is 8.78 Å². The first kappa shape index (κ1) is 9.86. The van der Waals surface area contributed by atoms with Crippen LogP contribution in [0.5, 0.6) is 0 Å². The van der Waals surface area contributed by atoms with Crippen molar-refractivity contribution in [3.8, 4) is 0 Å². The Morgan fingerprint density at radius 2 is 1.90 bits per heavy atom. The zero-order valence-corrected chi connectivity index (χ0v) is 6.95. The van der Waals surface area contributed by atoms with Crippen molar-refractivity contribution in [1.82, 2.24) is 0 Å². The molecule has 0 bridgehead atoms. The van der Waals surface area contributed by atoms with Crippen LogP contribution in [0, 0.1) is 5.92 Å². The van der Waals surface area contributed by atoms with Gasteiger partial charge in [0.05, 0.1) is 0 Å². The first-order valence-corrected chi connectivity index (χ1v) is 4.04. The van der Waals surface area contributed by atoms with Crippen LogP contribution in [0.1, 0.15) is 40.0 Å². The predicted octanol–water partition coefficient (Wildman–Crippen LogP) is 3.47. The lowest BCUT2D eigenvalue weighted by molar-refractivity contribution is -0.132. The Hall–Kier alpha value is -0.140. The summed E-state index contributed by atoms with van der Waals surface area (Å²) in [6, 6.07) is 0. The van der Waals surface area contributed by atoms with E-state index in [9.17, 15) is 8.78 Å². The van der Waals surface area contributed by atoms with Gasteiger partial charge in [0, 0.05) is 12.3 Å². The minimum atomic E-state index is -2.31. The SMILES string of the molecule is CC.CCC1CCC1(F)F. The summed E-state index contributed by atoms with van der Waals surface area (Å²) in [6.45, 7) is 5.82. The van der Waals surface area contributed by atoms with E-state index in [1.807, 2.05) is 20.8 Å². The van der Waals surface area contributed by atoms with Gasteiger partial charge in [-0.05, 0) is 12.8 Å². The predicted molar refractivity (Wildman–Crippen MR) is 39.3 cm³/mol. The summed E-state index contributed by atoms with van der Waals surface area (Å²) in [4.78, 5) is 0. The lowest BCUT2D eigenvalue weighted by atomic mass is 9.79. The summed E-state index contributed by atoms with van der Waals surface area (Å²) < 4.78 is 24.4. The summed E-state index contributed by atoms with van der Waals surface area (Å²) in [5, 5.41) is 0. The Morgan fingerprint density at radius 3 is 1.90 bits per heavy atom. The molecular formula is C8H16F2. The molecule has 10 heavy (non-hydrogen) atoms. The largest absolute Gasteiger partial charge is 0.250 e. The molecule has 0 nitrogen and oxygen atoms in total. The van der Waals surface area contributed by atoms with E-state index in [0.29, 0.717) is 6.42 Å². The van der Waals surface area contributed by atoms with Gasteiger partial charge in [0.2, 0.25) is 0 Å². The first-order chi connectivity index (χ1) is 4.67. The average molecular weight is 150 g/mol. The molecule has 2 heteroatoms. The van der Waals surface area contributed by atoms with Crippen LogP contribution < -0.4 is 0 Å². The van der Waals surface area contributed by atoms with Crippen molar-refractivity contribution in [3.63, 3.8) is 0 Å².